The van der Waals surface area contributed by atoms with Gasteiger partial charge in [-0.2, -0.15) is 5.10 Å². The first-order valence-corrected chi connectivity index (χ1v) is 10.3. The number of halogens is 1. The van der Waals surface area contributed by atoms with Crippen LogP contribution in [0.15, 0.2) is 78.0 Å². The fourth-order valence-corrected chi connectivity index (χ4v) is 3.51. The molecule has 0 aliphatic carbocycles. The summed E-state index contributed by atoms with van der Waals surface area (Å²) < 4.78 is 11.4. The molecule has 9 heteroatoms. The number of hydrogen-bond donors (Lipinski definition) is 1. The van der Waals surface area contributed by atoms with Crippen molar-refractivity contribution < 1.29 is 14.4 Å². The smallest absolute Gasteiger partial charge is 0.313 e. The number of nitrogens with zero attached hydrogens (tertiary/aromatic N) is 3. The number of anilines is 1. The minimum absolute atomic E-state index is 0.0344. The summed E-state index contributed by atoms with van der Waals surface area (Å²) in [5, 5.41) is 17.7. The minimum atomic E-state index is -0.535. The summed E-state index contributed by atoms with van der Waals surface area (Å²) in [5.41, 5.74) is 4.01. The van der Waals surface area contributed by atoms with Crippen molar-refractivity contribution in [3.8, 4) is 11.5 Å². The fourth-order valence-electron chi connectivity index (χ4n) is 3.24. The Bertz CT molecular complexity index is 1340. The number of pyridine rings is 1. The molecule has 0 aliphatic heterocycles. The highest BCUT2D eigenvalue weighted by Gasteiger charge is 2.14. The molecule has 0 aliphatic rings. The van der Waals surface area contributed by atoms with Gasteiger partial charge in [0.2, 0.25) is 5.82 Å². The van der Waals surface area contributed by atoms with Gasteiger partial charge in [0.25, 0.3) is 0 Å². The van der Waals surface area contributed by atoms with Crippen molar-refractivity contribution in [3.63, 3.8) is 0 Å². The van der Waals surface area contributed by atoms with Crippen molar-refractivity contribution in [1.82, 2.24) is 4.98 Å². The van der Waals surface area contributed by atoms with Gasteiger partial charge in [0.15, 0.2) is 11.5 Å². The van der Waals surface area contributed by atoms with Crippen LogP contribution in [0.4, 0.5) is 11.5 Å². The van der Waals surface area contributed by atoms with E-state index in [0.717, 1.165) is 16.3 Å². The van der Waals surface area contributed by atoms with E-state index in [1.165, 1.54) is 31.7 Å². The maximum absolute atomic E-state index is 11.1. The maximum atomic E-state index is 11.1. The van der Waals surface area contributed by atoms with Gasteiger partial charge in [0.1, 0.15) is 6.61 Å². The van der Waals surface area contributed by atoms with Crippen LogP contribution >= 0.6 is 11.6 Å². The Morgan fingerprint density at radius 1 is 1.12 bits per heavy atom. The summed E-state index contributed by atoms with van der Waals surface area (Å²) in [5.74, 6) is 0.888. The highest BCUT2D eigenvalue weighted by Crippen LogP contribution is 2.36. The van der Waals surface area contributed by atoms with Crippen LogP contribution < -0.4 is 14.9 Å². The lowest BCUT2D eigenvalue weighted by Crippen LogP contribution is -2.01. The van der Waals surface area contributed by atoms with Gasteiger partial charge < -0.3 is 9.47 Å². The summed E-state index contributed by atoms with van der Waals surface area (Å²) >= 11 is 6.45. The van der Waals surface area contributed by atoms with Gasteiger partial charge in [-0.05, 0) is 46.2 Å². The molecule has 0 radical (unpaired) electrons. The molecule has 166 valence electrons. The topological polar surface area (TPSA) is 98.9 Å². The van der Waals surface area contributed by atoms with E-state index >= 15 is 0 Å². The van der Waals surface area contributed by atoms with E-state index < -0.39 is 4.92 Å². The molecule has 0 atom stereocenters. The molecular weight excluding hydrogens is 444 g/mol. The Balaban J connectivity index is 1.49. The maximum Gasteiger partial charge on any atom is 0.313 e. The predicted octanol–water partition coefficient (Wildman–Crippen LogP) is 5.83. The van der Waals surface area contributed by atoms with E-state index in [9.17, 15) is 10.1 Å². The zero-order valence-corrected chi connectivity index (χ0v) is 18.3. The third-order valence-electron chi connectivity index (χ3n) is 4.82. The number of nitro groups is 1. The van der Waals surface area contributed by atoms with Gasteiger partial charge in [0, 0.05) is 12.3 Å². The van der Waals surface area contributed by atoms with Crippen LogP contribution in [-0.4, -0.2) is 23.2 Å². The quantitative estimate of drug-likeness (QED) is 0.201. The molecule has 0 bridgehead atoms. The number of benzene rings is 3. The van der Waals surface area contributed by atoms with Gasteiger partial charge in [-0.15, -0.1) is 0 Å². The molecule has 0 saturated carbocycles. The third kappa shape index (κ3) is 5.19. The lowest BCUT2D eigenvalue weighted by atomic mass is 10.1. The van der Waals surface area contributed by atoms with Crippen molar-refractivity contribution in [2.45, 2.75) is 6.61 Å². The van der Waals surface area contributed by atoms with E-state index in [4.69, 9.17) is 21.1 Å². The molecule has 0 amide bonds. The number of hydrazone groups is 1. The molecule has 1 N–H and O–H groups in total. The first-order chi connectivity index (χ1) is 16.0. The van der Waals surface area contributed by atoms with Gasteiger partial charge in [-0.3, -0.25) is 15.5 Å². The Morgan fingerprint density at radius 2 is 1.94 bits per heavy atom. The predicted molar refractivity (Wildman–Crippen MR) is 128 cm³/mol. The molecule has 1 aromatic heterocycles. The molecule has 33 heavy (non-hydrogen) atoms. The SMILES string of the molecule is COc1cc(/C=N\Nc2ncccc2[N+](=O)[O-])cc(Cl)c1OCc1ccc2ccccc2c1. The molecular formula is C24H19ClN4O4. The summed E-state index contributed by atoms with van der Waals surface area (Å²) in [4.78, 5) is 14.5. The van der Waals surface area contributed by atoms with Gasteiger partial charge >= 0.3 is 5.69 Å². The second kappa shape index (κ2) is 9.97. The Morgan fingerprint density at radius 3 is 2.73 bits per heavy atom. The molecule has 4 rings (SSSR count). The van der Waals surface area contributed by atoms with E-state index in [-0.39, 0.29) is 11.5 Å². The molecule has 0 saturated heterocycles. The molecule has 3 aromatic carbocycles. The minimum Gasteiger partial charge on any atom is -0.493 e. The third-order valence-corrected chi connectivity index (χ3v) is 5.10. The molecule has 0 fully saturated rings. The van der Waals surface area contributed by atoms with Crippen LogP contribution in [0.25, 0.3) is 10.8 Å². The monoisotopic (exact) mass is 462 g/mol. The van der Waals surface area contributed by atoms with Crippen molar-refractivity contribution in [2.75, 3.05) is 12.5 Å². The number of fused-ring (bicyclic) bond motifs is 1. The molecule has 0 spiro atoms. The molecule has 8 nitrogen and oxygen atoms in total. The number of ether oxygens (including phenoxy) is 2. The van der Waals surface area contributed by atoms with E-state index in [0.29, 0.717) is 28.7 Å². The lowest BCUT2D eigenvalue weighted by Gasteiger charge is -2.13. The highest BCUT2D eigenvalue weighted by molar-refractivity contribution is 6.32. The van der Waals surface area contributed by atoms with Crippen LogP contribution in [0, 0.1) is 10.1 Å². The molecule has 4 aromatic rings. The van der Waals surface area contributed by atoms with Crippen LogP contribution in [0.2, 0.25) is 5.02 Å². The number of aromatic nitrogens is 1. The lowest BCUT2D eigenvalue weighted by molar-refractivity contribution is -0.384. The van der Waals surface area contributed by atoms with Crippen molar-refractivity contribution in [2.24, 2.45) is 5.10 Å². The van der Waals surface area contributed by atoms with E-state index in [1.54, 1.807) is 12.1 Å². The first kappa shape index (κ1) is 22.0. The average Bonchev–Trinajstić information content (AvgIpc) is 2.83. The molecule has 1 heterocycles. The van der Waals surface area contributed by atoms with Gasteiger partial charge in [0.05, 0.1) is 23.3 Å². The average molecular weight is 463 g/mol. The highest BCUT2D eigenvalue weighted by atomic mass is 35.5. The molecule has 0 unspecified atom stereocenters. The summed E-state index contributed by atoms with van der Waals surface area (Å²) in [7, 11) is 1.52. The Kier molecular flexibility index (Phi) is 6.66. The zero-order chi connectivity index (χ0) is 23.2. The van der Waals surface area contributed by atoms with E-state index in [2.05, 4.69) is 27.6 Å². The van der Waals surface area contributed by atoms with Crippen molar-refractivity contribution in [3.05, 3.63) is 99.2 Å². The Labute approximate surface area is 194 Å². The van der Waals surface area contributed by atoms with E-state index in [1.807, 2.05) is 30.3 Å². The van der Waals surface area contributed by atoms with Crippen LogP contribution in [0.1, 0.15) is 11.1 Å². The largest absolute Gasteiger partial charge is 0.493 e. The summed E-state index contributed by atoms with van der Waals surface area (Å²) in [6.07, 6.45) is 2.90. The fraction of sp³-hybridized carbons (Fsp3) is 0.0833. The normalized spacial score (nSPS) is 11.0. The summed E-state index contributed by atoms with van der Waals surface area (Å²) in [6, 6.07) is 20.4. The number of hydrogen-bond acceptors (Lipinski definition) is 7. The number of methoxy groups -OCH3 is 1. The standard InChI is InChI=1S/C24H19ClN4O4/c1-32-22-13-17(14-27-28-24-21(29(30)31)7-4-10-26-24)12-20(25)23(22)33-15-16-8-9-18-5-2-3-6-19(18)11-16/h2-14H,15H2,1H3,(H,26,28)/b27-14-. The van der Waals surface area contributed by atoms with Gasteiger partial charge in [-0.1, -0.05) is 48.0 Å². The number of nitrogens with one attached hydrogen (secondary N) is 1. The zero-order valence-electron chi connectivity index (χ0n) is 17.6. The van der Waals surface area contributed by atoms with Crippen molar-refractivity contribution >= 4 is 40.1 Å². The van der Waals surface area contributed by atoms with Crippen molar-refractivity contribution in [1.29, 1.82) is 0 Å². The van der Waals surface area contributed by atoms with Crippen LogP contribution in [0.5, 0.6) is 11.5 Å². The second-order valence-corrected chi connectivity index (χ2v) is 7.41. The van der Waals surface area contributed by atoms with Gasteiger partial charge in [-0.25, -0.2) is 4.98 Å². The summed E-state index contributed by atoms with van der Waals surface area (Å²) in [6.45, 7) is 0.319. The second-order valence-electron chi connectivity index (χ2n) is 7.00. The Hall–Kier alpha value is -4.17. The number of rotatable bonds is 8. The van der Waals surface area contributed by atoms with Crippen LogP contribution in [0.3, 0.4) is 0 Å². The van der Waals surface area contributed by atoms with Crippen LogP contribution in [-0.2, 0) is 6.61 Å². The first-order valence-electron chi connectivity index (χ1n) is 9.91.